The summed E-state index contributed by atoms with van der Waals surface area (Å²) in [6, 6.07) is 110. The topological polar surface area (TPSA) is 14.7 Å². The summed E-state index contributed by atoms with van der Waals surface area (Å²) in [6.07, 6.45) is 31.8. The molecule has 0 amide bonds. The zero-order valence-electron chi connectivity index (χ0n) is 76.2. The highest BCUT2D eigenvalue weighted by Crippen LogP contribution is 2.57. The molecule has 0 saturated carbocycles. The molecule has 14 aromatic rings. The van der Waals surface area contributed by atoms with Gasteiger partial charge in [0.25, 0.3) is 0 Å². The number of rotatable bonds is 38. The minimum atomic E-state index is -0.00163. The average Bonchev–Trinajstić information content (AvgIpc) is 1.54. The van der Waals surface area contributed by atoms with Crippen molar-refractivity contribution in [3.63, 3.8) is 0 Å². The van der Waals surface area contributed by atoms with Crippen LogP contribution in [0.2, 0.25) is 0 Å². The van der Waals surface area contributed by atoms with Crippen molar-refractivity contribution in [2.24, 2.45) is 0 Å². The van der Waals surface area contributed by atoms with E-state index in [-0.39, 0.29) is 16.2 Å². The van der Waals surface area contributed by atoms with Gasteiger partial charge in [-0.2, -0.15) is 0 Å². The summed E-state index contributed by atoms with van der Waals surface area (Å²) in [5.41, 5.74) is 36.7. The van der Waals surface area contributed by atoms with Gasteiger partial charge in [-0.05, 0) is 286 Å². The molecule has 0 fully saturated rings. The number of hydrogen-bond acceptors (Lipinski definition) is 3. The third-order valence-electron chi connectivity index (χ3n) is 26.6. The fourth-order valence-electron chi connectivity index (χ4n) is 19.5. The van der Waals surface area contributed by atoms with Crippen molar-refractivity contribution in [1.82, 2.24) is 4.57 Å². The minimum absolute atomic E-state index is 0.00163. The van der Waals surface area contributed by atoms with Crippen molar-refractivity contribution < 1.29 is 0 Å². The molecular formula is C119H134N4. The quantitative estimate of drug-likeness (QED) is 0.0359. The van der Waals surface area contributed by atoms with Crippen molar-refractivity contribution >= 4 is 79.1 Å². The third kappa shape index (κ3) is 19.6. The molecule has 0 unspecified atom stereocenters. The zero-order chi connectivity index (χ0) is 85.6. The first-order valence-electron chi connectivity index (χ1n) is 47.1. The lowest BCUT2D eigenvalue weighted by molar-refractivity contribution is 0.398. The fraction of sp³-hybridized carbons (Fsp3) is 0.328. The van der Waals surface area contributed by atoms with Crippen LogP contribution in [0.15, 0.2) is 292 Å². The van der Waals surface area contributed by atoms with E-state index < -0.39 is 0 Å². The first-order valence-corrected chi connectivity index (χ1v) is 47.1. The molecule has 4 nitrogen and oxygen atoms in total. The number of nitrogens with zero attached hydrogens (tertiary/aromatic N) is 4. The van der Waals surface area contributed by atoms with Gasteiger partial charge >= 0.3 is 0 Å². The monoisotopic (exact) mass is 1620 g/mol. The summed E-state index contributed by atoms with van der Waals surface area (Å²) in [5.74, 6) is 0. The Labute approximate surface area is 738 Å². The van der Waals surface area contributed by atoms with Gasteiger partial charge in [0.1, 0.15) is 0 Å². The van der Waals surface area contributed by atoms with E-state index >= 15 is 0 Å². The van der Waals surface area contributed by atoms with E-state index in [0.717, 1.165) is 105 Å². The van der Waals surface area contributed by atoms with Crippen LogP contribution < -0.4 is 14.7 Å². The number of anilines is 9. The highest BCUT2D eigenvalue weighted by Gasteiger charge is 2.43. The van der Waals surface area contributed by atoms with E-state index in [1.807, 2.05) is 6.08 Å². The molecular weight excluding hydrogens is 1490 g/mol. The molecule has 0 saturated heterocycles. The second-order valence-electron chi connectivity index (χ2n) is 37.7. The Hall–Kier alpha value is -11.2. The van der Waals surface area contributed by atoms with Crippen molar-refractivity contribution in [3.8, 4) is 50.2 Å². The molecule has 0 bridgehead atoms. The maximum Gasteiger partial charge on any atom is 0.0547 e. The number of hydrogen-bond donors (Lipinski definition) is 0. The van der Waals surface area contributed by atoms with Gasteiger partial charge in [0, 0.05) is 73.1 Å². The SMILES string of the molecule is C=Cc1ccc(N(c2ccc(C)cc2)c2ccc(-c3ccc(N(c4ccc(-c5ccc(N(c6ccc(-c7cc(CCCCCC)c(-n8c9ccccc9c9cc%10c(cc98)-c8ccc(C)cc8C%10(CCCCCCCC)CCCCCCCC)cc7CCCCCC)cc6)c6ccc(C(C)(C)C)cc6)cc5)cc4)c4ccc(C(C)(C)C)cc4)cc3)cc2)cc1. The molecule has 1 heterocycles. The van der Waals surface area contributed by atoms with Crippen molar-refractivity contribution in [2.45, 2.75) is 253 Å². The first-order chi connectivity index (χ1) is 59.9. The van der Waals surface area contributed by atoms with Gasteiger partial charge in [-0.25, -0.2) is 0 Å². The molecule has 0 atom stereocenters. The van der Waals surface area contributed by atoms with Crippen LogP contribution in [-0.4, -0.2) is 4.57 Å². The third-order valence-corrected chi connectivity index (χ3v) is 26.6. The van der Waals surface area contributed by atoms with E-state index in [0.29, 0.717) is 0 Å². The van der Waals surface area contributed by atoms with E-state index in [1.165, 1.54) is 212 Å². The number of unbranched alkanes of at least 4 members (excludes halogenated alkanes) is 16. The smallest absolute Gasteiger partial charge is 0.0547 e. The largest absolute Gasteiger partial charge is 0.311 e. The van der Waals surface area contributed by atoms with Gasteiger partial charge in [0.2, 0.25) is 0 Å². The molecule has 1 aliphatic rings. The number of fused-ring (bicyclic) bond motifs is 6. The Morgan fingerprint density at radius 3 is 1.08 bits per heavy atom. The Morgan fingerprint density at radius 1 is 0.301 bits per heavy atom. The summed E-state index contributed by atoms with van der Waals surface area (Å²) in [5, 5.41) is 2.77. The highest BCUT2D eigenvalue weighted by molar-refractivity contribution is 6.12. The van der Waals surface area contributed by atoms with Crippen LogP contribution in [0.4, 0.5) is 51.2 Å². The Balaban J connectivity index is 0.761. The summed E-state index contributed by atoms with van der Waals surface area (Å²) in [4.78, 5) is 7.16. The average molecular weight is 1620 g/mol. The lowest BCUT2D eigenvalue weighted by Gasteiger charge is -2.33. The summed E-state index contributed by atoms with van der Waals surface area (Å²) in [7, 11) is 0. The highest BCUT2D eigenvalue weighted by atomic mass is 15.2. The first kappa shape index (κ1) is 86.7. The molecule has 0 N–H and O–H groups in total. The molecule has 1 aliphatic carbocycles. The van der Waals surface area contributed by atoms with Gasteiger partial charge in [-0.1, -0.05) is 354 Å². The molecule has 0 spiro atoms. The van der Waals surface area contributed by atoms with Gasteiger partial charge in [0.05, 0.1) is 11.0 Å². The predicted octanol–water partition coefficient (Wildman–Crippen LogP) is 36.1. The molecule has 13 aromatic carbocycles. The maximum atomic E-state index is 4.00. The van der Waals surface area contributed by atoms with Gasteiger partial charge < -0.3 is 19.3 Å². The molecule has 1 aromatic heterocycles. The van der Waals surface area contributed by atoms with Crippen LogP contribution in [-0.2, 0) is 29.1 Å². The van der Waals surface area contributed by atoms with Crippen LogP contribution in [0.1, 0.15) is 261 Å². The van der Waals surface area contributed by atoms with Crippen LogP contribution in [0.3, 0.4) is 0 Å². The fourth-order valence-corrected chi connectivity index (χ4v) is 19.5. The van der Waals surface area contributed by atoms with Crippen molar-refractivity contribution in [1.29, 1.82) is 0 Å². The molecule has 0 aliphatic heterocycles. The van der Waals surface area contributed by atoms with Crippen molar-refractivity contribution in [3.05, 3.63) is 342 Å². The van der Waals surface area contributed by atoms with Gasteiger partial charge in [-0.15, -0.1) is 0 Å². The normalized spacial score (nSPS) is 12.5. The molecule has 15 rings (SSSR count). The van der Waals surface area contributed by atoms with Crippen molar-refractivity contribution in [2.75, 3.05) is 14.7 Å². The van der Waals surface area contributed by atoms with Crippen LogP contribution in [0.5, 0.6) is 0 Å². The maximum absolute atomic E-state index is 4.00. The van der Waals surface area contributed by atoms with Gasteiger partial charge in [0.15, 0.2) is 0 Å². The lowest BCUT2D eigenvalue weighted by atomic mass is 9.70. The molecule has 123 heavy (non-hydrogen) atoms. The van der Waals surface area contributed by atoms with E-state index in [9.17, 15) is 0 Å². The van der Waals surface area contributed by atoms with Crippen LogP contribution >= 0.6 is 0 Å². The molecule has 630 valence electrons. The number of benzene rings is 13. The number of aryl methyl sites for hydroxylation is 4. The van der Waals surface area contributed by atoms with Gasteiger partial charge in [-0.3, -0.25) is 0 Å². The summed E-state index contributed by atoms with van der Waals surface area (Å²) in [6.45, 7) is 31.6. The van der Waals surface area contributed by atoms with Crippen LogP contribution in [0, 0.1) is 13.8 Å². The summed E-state index contributed by atoms with van der Waals surface area (Å²) < 4.78 is 2.73. The Bertz CT molecular complexity index is 5790. The second kappa shape index (κ2) is 39.5. The number of para-hydroxylation sites is 1. The number of aromatic nitrogens is 1. The Kier molecular flexibility index (Phi) is 27.9. The lowest BCUT2D eigenvalue weighted by Crippen LogP contribution is -2.25. The summed E-state index contributed by atoms with van der Waals surface area (Å²) >= 11 is 0. The zero-order valence-corrected chi connectivity index (χ0v) is 76.2. The predicted molar refractivity (Wildman–Crippen MR) is 536 cm³/mol. The standard InChI is InChI=1S/C119H134N4/c1-14-19-23-27-29-35-79-119(80-36-30-28-24-20-15-2)112-81-87(7)43-78-107(112)110-85-116-111(84-113(110)119)108-39-33-34-40-114(108)123(116)115-83-94(37-31-25-21-16-3)109(82-95(115)38-32-26-22-17-4)93-54-72-104(73-55-93)122(106-76-58-97(59-77-106)118(11,12)13)103-70-52-92(53-71-103)91-50-68-102(69-51-91)121(105-74-56-96(57-75-105)117(8,9)10)101-66-48-90(49-67-101)89-46-64-100(65-47-89)120(98-60-41-86(6)42-61-98)99-62-44-88(18-5)45-63-99/h18,33-34,39-78,81-85H,5,14-17,19-32,35-38,79-80H2,1-4,6-13H3. The minimum Gasteiger partial charge on any atom is -0.311 e. The van der Waals surface area contributed by atoms with Crippen LogP contribution in [0.25, 0.3) is 78.1 Å². The molecule has 0 radical (unpaired) electrons. The van der Waals surface area contributed by atoms with E-state index in [1.54, 1.807) is 11.1 Å². The van der Waals surface area contributed by atoms with E-state index in [4.69, 9.17) is 0 Å². The second-order valence-corrected chi connectivity index (χ2v) is 37.7. The Morgan fingerprint density at radius 2 is 0.659 bits per heavy atom. The molecule has 4 heteroatoms. The van der Waals surface area contributed by atoms with E-state index in [2.05, 4.69) is 394 Å².